The first-order valence-electron chi connectivity index (χ1n) is 15.4. The lowest BCUT2D eigenvalue weighted by molar-refractivity contribution is -0.116. The number of thioether (sulfide) groups is 1. The first-order chi connectivity index (χ1) is 23.4. The van der Waals surface area contributed by atoms with Crippen molar-refractivity contribution in [3.05, 3.63) is 155 Å². The quantitative estimate of drug-likeness (QED) is 0.105. The van der Waals surface area contributed by atoms with Gasteiger partial charge in [-0.15, -0.1) is 11.8 Å². The Labute approximate surface area is 283 Å². The van der Waals surface area contributed by atoms with Crippen molar-refractivity contribution >= 4 is 46.9 Å². The molecule has 0 saturated heterocycles. The monoisotopic (exact) mass is 655 g/mol. The molecule has 1 atom stereocenters. The summed E-state index contributed by atoms with van der Waals surface area (Å²) in [4.78, 5) is 41.2. The highest BCUT2D eigenvalue weighted by Gasteiger charge is 2.24. The molecule has 3 amide bonds. The summed E-state index contributed by atoms with van der Waals surface area (Å²) >= 11 is 1.36. The van der Waals surface area contributed by atoms with Crippen molar-refractivity contribution in [2.75, 3.05) is 23.8 Å². The van der Waals surface area contributed by atoms with Gasteiger partial charge in [-0.2, -0.15) is 0 Å². The van der Waals surface area contributed by atoms with Gasteiger partial charge in [-0.25, -0.2) is 0 Å². The first-order valence-corrected chi connectivity index (χ1v) is 16.3. The number of fused-ring (bicyclic) bond motifs is 1. The van der Waals surface area contributed by atoms with Gasteiger partial charge in [-0.1, -0.05) is 84.4 Å². The lowest BCUT2D eigenvalue weighted by Gasteiger charge is -2.20. The molecule has 0 saturated carbocycles. The second-order valence-corrected chi connectivity index (χ2v) is 12.2. The Balaban J connectivity index is 1.21. The van der Waals surface area contributed by atoms with Crippen LogP contribution in [0.4, 0.5) is 11.4 Å². The van der Waals surface area contributed by atoms with Gasteiger partial charge in [0.15, 0.2) is 11.5 Å². The van der Waals surface area contributed by atoms with E-state index < -0.39 is 17.1 Å². The molecule has 240 valence electrons. The average molecular weight is 656 g/mol. The Kier molecular flexibility index (Phi) is 10.2. The largest absolute Gasteiger partial charge is 0.486 e. The Hall–Kier alpha value is -5.80. The van der Waals surface area contributed by atoms with Crippen molar-refractivity contribution < 1.29 is 23.9 Å². The lowest BCUT2D eigenvalue weighted by atomic mass is 10.1. The summed E-state index contributed by atoms with van der Waals surface area (Å²) in [5.74, 6) is 0.121. The molecule has 3 N–H and O–H groups in total. The molecule has 0 radical (unpaired) electrons. The van der Waals surface area contributed by atoms with E-state index in [0.717, 1.165) is 21.6 Å². The number of carbonyl (C=O) groups is 3. The fourth-order valence-electron chi connectivity index (χ4n) is 4.98. The van der Waals surface area contributed by atoms with E-state index in [2.05, 4.69) is 16.0 Å². The van der Waals surface area contributed by atoms with Gasteiger partial charge < -0.3 is 25.4 Å². The topological polar surface area (TPSA) is 106 Å². The van der Waals surface area contributed by atoms with Crippen molar-refractivity contribution in [2.45, 2.75) is 17.1 Å². The molecule has 8 nitrogen and oxygen atoms in total. The second-order valence-electron chi connectivity index (χ2n) is 11.0. The third-order valence-electron chi connectivity index (χ3n) is 7.41. The van der Waals surface area contributed by atoms with E-state index >= 15 is 0 Å². The molecule has 5 aromatic carbocycles. The minimum atomic E-state index is -0.604. The highest BCUT2D eigenvalue weighted by atomic mass is 32.2. The zero-order valence-electron chi connectivity index (χ0n) is 26.1. The van der Waals surface area contributed by atoms with E-state index in [9.17, 15) is 14.4 Å². The normalized spacial score (nSPS) is 12.8. The van der Waals surface area contributed by atoms with Crippen LogP contribution >= 0.6 is 11.8 Å². The smallest absolute Gasteiger partial charge is 0.272 e. The van der Waals surface area contributed by atoms with Gasteiger partial charge in [-0.05, 0) is 66.6 Å². The highest BCUT2D eigenvalue weighted by molar-refractivity contribution is 8.00. The molecule has 5 aromatic rings. The summed E-state index contributed by atoms with van der Waals surface area (Å²) in [6.07, 6.45) is 1.64. The third-order valence-corrected chi connectivity index (χ3v) is 8.66. The Morgan fingerprint density at radius 1 is 0.708 bits per heavy atom. The van der Waals surface area contributed by atoms with Gasteiger partial charge in [0.1, 0.15) is 24.2 Å². The molecule has 1 aliphatic rings. The van der Waals surface area contributed by atoms with Gasteiger partial charge in [0.05, 0.1) is 0 Å². The van der Waals surface area contributed by atoms with Crippen LogP contribution in [0.5, 0.6) is 11.5 Å². The fraction of sp³-hybridized carbons (Fsp3) is 0.103. The van der Waals surface area contributed by atoms with Gasteiger partial charge >= 0.3 is 0 Å². The maximum atomic E-state index is 13.7. The van der Waals surface area contributed by atoms with Crippen molar-refractivity contribution in [1.82, 2.24) is 5.32 Å². The minimum Gasteiger partial charge on any atom is -0.486 e. The summed E-state index contributed by atoms with van der Waals surface area (Å²) < 4.78 is 11.3. The summed E-state index contributed by atoms with van der Waals surface area (Å²) in [6.45, 7) is 2.91. The molecule has 0 bridgehead atoms. The number of nitrogens with one attached hydrogen (secondary N) is 3. The van der Waals surface area contributed by atoms with Crippen LogP contribution in [0.1, 0.15) is 32.3 Å². The molecule has 9 heteroatoms. The molecular formula is C39H33N3O5S. The second kappa shape index (κ2) is 15.2. The van der Waals surface area contributed by atoms with Crippen LogP contribution in [0.2, 0.25) is 0 Å². The number of anilines is 2. The number of benzene rings is 5. The van der Waals surface area contributed by atoms with E-state index in [-0.39, 0.29) is 11.6 Å². The molecule has 1 unspecified atom stereocenters. The van der Waals surface area contributed by atoms with Crippen molar-refractivity contribution in [1.29, 1.82) is 0 Å². The van der Waals surface area contributed by atoms with Crippen LogP contribution in [0.15, 0.2) is 138 Å². The van der Waals surface area contributed by atoms with Crippen LogP contribution in [0.25, 0.3) is 6.08 Å². The molecule has 1 heterocycles. The van der Waals surface area contributed by atoms with Crippen molar-refractivity contribution in [2.24, 2.45) is 0 Å². The van der Waals surface area contributed by atoms with Crippen LogP contribution in [-0.4, -0.2) is 30.9 Å². The number of hydrogen-bond donors (Lipinski definition) is 3. The number of rotatable bonds is 10. The first kappa shape index (κ1) is 32.2. The predicted octanol–water partition coefficient (Wildman–Crippen LogP) is 7.65. The number of ether oxygens (including phenoxy) is 2. The van der Waals surface area contributed by atoms with Crippen molar-refractivity contribution in [3.8, 4) is 11.5 Å². The molecular weight excluding hydrogens is 623 g/mol. The van der Waals surface area contributed by atoms with Gasteiger partial charge in [-0.3, -0.25) is 14.4 Å². The van der Waals surface area contributed by atoms with Crippen molar-refractivity contribution in [3.63, 3.8) is 0 Å². The molecule has 0 aromatic heterocycles. The number of hydrogen-bond acceptors (Lipinski definition) is 6. The molecule has 0 fully saturated rings. The average Bonchev–Trinajstić information content (AvgIpc) is 3.12. The summed E-state index contributed by atoms with van der Waals surface area (Å²) in [5, 5.41) is 8.11. The molecule has 48 heavy (non-hydrogen) atoms. The SMILES string of the molecule is Cc1ccc(/C=C(\NC(=O)c2ccccc2)C(=O)Nc2cccc(SC(C(=O)Nc3ccc4c(c3)OCCO4)c3ccccc3)c2)cc1. The maximum Gasteiger partial charge on any atom is 0.272 e. The predicted molar refractivity (Wildman–Crippen MR) is 189 cm³/mol. The Morgan fingerprint density at radius 3 is 2.15 bits per heavy atom. The van der Waals surface area contributed by atoms with E-state index in [1.807, 2.05) is 79.7 Å². The fourth-order valence-corrected chi connectivity index (χ4v) is 6.07. The Bertz CT molecular complexity index is 1950. The summed E-state index contributed by atoms with van der Waals surface area (Å²) in [5.41, 5.74) is 4.28. The summed E-state index contributed by atoms with van der Waals surface area (Å²) in [7, 11) is 0. The lowest BCUT2D eigenvalue weighted by Crippen LogP contribution is -2.30. The minimum absolute atomic E-state index is 0.0896. The van der Waals surface area contributed by atoms with Crippen LogP contribution in [-0.2, 0) is 9.59 Å². The standard InChI is InChI=1S/C39H33N3O5S/c1-26-15-17-27(18-16-26)23-33(42-37(43)29-11-6-3-7-12-29)38(44)40-30-13-8-14-32(24-30)48-36(28-9-4-2-5-10-28)39(45)41-31-19-20-34-35(25-31)47-22-21-46-34/h2-20,23-25,36H,21-22H2,1H3,(H,40,44)(H,41,45)(H,42,43)/b33-23-. The van der Waals surface area contributed by atoms with Crippen LogP contribution in [0.3, 0.4) is 0 Å². The van der Waals surface area contributed by atoms with Gasteiger partial charge in [0, 0.05) is 27.9 Å². The number of aryl methyl sites for hydroxylation is 1. The third kappa shape index (κ3) is 8.31. The van der Waals surface area contributed by atoms with E-state index in [0.29, 0.717) is 41.7 Å². The maximum absolute atomic E-state index is 13.7. The molecule has 0 spiro atoms. The van der Waals surface area contributed by atoms with E-state index in [1.165, 1.54) is 11.8 Å². The van der Waals surface area contributed by atoms with Crippen LogP contribution in [0, 0.1) is 6.92 Å². The molecule has 0 aliphatic carbocycles. The number of carbonyl (C=O) groups excluding carboxylic acids is 3. The highest BCUT2D eigenvalue weighted by Crippen LogP contribution is 2.38. The van der Waals surface area contributed by atoms with E-state index in [1.54, 1.807) is 60.7 Å². The molecule has 6 rings (SSSR count). The zero-order valence-corrected chi connectivity index (χ0v) is 27.0. The van der Waals surface area contributed by atoms with Crippen LogP contribution < -0.4 is 25.4 Å². The Morgan fingerprint density at radius 2 is 1.40 bits per heavy atom. The van der Waals surface area contributed by atoms with E-state index in [4.69, 9.17) is 9.47 Å². The van der Waals surface area contributed by atoms with Gasteiger partial charge in [0.2, 0.25) is 5.91 Å². The molecule has 1 aliphatic heterocycles. The summed E-state index contributed by atoms with van der Waals surface area (Å²) in [6, 6.07) is 38.4. The number of amides is 3. The van der Waals surface area contributed by atoms with Gasteiger partial charge in [0.25, 0.3) is 11.8 Å². The zero-order chi connectivity index (χ0) is 33.3.